The minimum atomic E-state index is 0.862. The lowest BCUT2D eigenvalue weighted by molar-refractivity contribution is 1.24. The molecular formula is C6H10N2S2. The summed E-state index contributed by atoms with van der Waals surface area (Å²) in [7, 11) is 0. The number of nitrogen functional groups attached to an aromatic ring is 1. The first-order valence-corrected chi connectivity index (χ1v) is 5.13. The Labute approximate surface area is 68.8 Å². The fourth-order valence-corrected chi connectivity index (χ4v) is 1.86. The molecule has 0 aliphatic heterocycles. The van der Waals surface area contributed by atoms with Crippen LogP contribution in [0.15, 0.2) is 5.51 Å². The normalized spacial score (nSPS) is 10.1. The summed E-state index contributed by atoms with van der Waals surface area (Å²) < 4.78 is 0. The van der Waals surface area contributed by atoms with Crippen LogP contribution in [0.2, 0.25) is 0 Å². The van der Waals surface area contributed by atoms with Crippen molar-refractivity contribution < 1.29 is 0 Å². The van der Waals surface area contributed by atoms with Crippen LogP contribution in [0.5, 0.6) is 0 Å². The van der Waals surface area contributed by atoms with Crippen LogP contribution in [0, 0.1) is 0 Å². The quantitative estimate of drug-likeness (QED) is 0.761. The first-order valence-electron chi connectivity index (χ1n) is 3.10. The van der Waals surface area contributed by atoms with Gasteiger partial charge in [0.25, 0.3) is 0 Å². The van der Waals surface area contributed by atoms with Crippen LogP contribution in [0.1, 0.15) is 12.6 Å². The van der Waals surface area contributed by atoms with E-state index in [-0.39, 0.29) is 0 Å². The summed E-state index contributed by atoms with van der Waals surface area (Å²) >= 11 is 3.35. The predicted octanol–water partition coefficient (Wildman–Crippen LogP) is 1.98. The molecule has 0 bridgehead atoms. The highest BCUT2D eigenvalue weighted by Crippen LogP contribution is 2.20. The van der Waals surface area contributed by atoms with E-state index in [1.165, 1.54) is 11.3 Å². The summed E-state index contributed by atoms with van der Waals surface area (Å²) in [6.07, 6.45) is 0. The van der Waals surface area contributed by atoms with Gasteiger partial charge in [0.2, 0.25) is 0 Å². The summed E-state index contributed by atoms with van der Waals surface area (Å²) in [5.74, 6) is 2.07. The summed E-state index contributed by atoms with van der Waals surface area (Å²) in [6, 6.07) is 0. The van der Waals surface area contributed by atoms with Crippen LogP contribution in [0.25, 0.3) is 0 Å². The van der Waals surface area contributed by atoms with Crippen molar-refractivity contribution in [3.63, 3.8) is 0 Å². The Balaban J connectivity index is 2.49. The summed E-state index contributed by atoms with van der Waals surface area (Å²) in [5.41, 5.74) is 8.46. The zero-order valence-corrected chi connectivity index (χ0v) is 7.47. The van der Waals surface area contributed by atoms with Crippen LogP contribution in [-0.4, -0.2) is 10.7 Å². The van der Waals surface area contributed by atoms with Crippen molar-refractivity contribution >= 4 is 28.1 Å². The van der Waals surface area contributed by atoms with Gasteiger partial charge in [-0.1, -0.05) is 6.92 Å². The van der Waals surface area contributed by atoms with Gasteiger partial charge in [-0.25, -0.2) is 4.98 Å². The number of thioether (sulfide) groups is 1. The van der Waals surface area contributed by atoms with Crippen LogP contribution >= 0.6 is 23.1 Å². The third-order valence-corrected chi connectivity index (χ3v) is 2.70. The molecule has 1 aromatic heterocycles. The zero-order chi connectivity index (χ0) is 7.40. The van der Waals surface area contributed by atoms with Crippen molar-refractivity contribution in [2.75, 3.05) is 11.5 Å². The Morgan fingerprint density at radius 1 is 1.80 bits per heavy atom. The lowest BCUT2D eigenvalue weighted by Crippen LogP contribution is -1.88. The van der Waals surface area contributed by atoms with E-state index >= 15 is 0 Å². The molecule has 2 nitrogen and oxygen atoms in total. The molecule has 4 heteroatoms. The highest BCUT2D eigenvalue weighted by atomic mass is 32.2. The molecule has 0 atom stereocenters. The zero-order valence-electron chi connectivity index (χ0n) is 5.83. The lowest BCUT2D eigenvalue weighted by Gasteiger charge is -1.93. The fourth-order valence-electron chi connectivity index (χ4n) is 0.586. The topological polar surface area (TPSA) is 38.9 Å². The second kappa shape index (κ2) is 3.83. The second-order valence-electron chi connectivity index (χ2n) is 1.80. The molecule has 0 unspecified atom stereocenters. The third-order valence-electron chi connectivity index (χ3n) is 1.12. The maximum absolute atomic E-state index is 5.62. The van der Waals surface area contributed by atoms with Crippen molar-refractivity contribution in [3.8, 4) is 0 Å². The maximum Gasteiger partial charge on any atom is 0.110 e. The van der Waals surface area contributed by atoms with Crippen LogP contribution in [-0.2, 0) is 5.75 Å². The molecule has 0 aliphatic carbocycles. The van der Waals surface area contributed by atoms with Gasteiger partial charge < -0.3 is 5.73 Å². The van der Waals surface area contributed by atoms with Gasteiger partial charge in [0, 0.05) is 5.75 Å². The average molecular weight is 174 g/mol. The molecule has 1 rings (SSSR count). The number of hydrogen-bond acceptors (Lipinski definition) is 4. The van der Waals surface area contributed by atoms with E-state index in [9.17, 15) is 0 Å². The SMILES string of the molecule is CCSCc1ncsc1N. The molecule has 0 aliphatic rings. The average Bonchev–Trinajstić information content (AvgIpc) is 2.31. The Kier molecular flexibility index (Phi) is 3.02. The van der Waals surface area contributed by atoms with Gasteiger partial charge in [0.05, 0.1) is 11.2 Å². The van der Waals surface area contributed by atoms with Gasteiger partial charge in [0.1, 0.15) is 5.00 Å². The van der Waals surface area contributed by atoms with Crippen LogP contribution < -0.4 is 5.73 Å². The van der Waals surface area contributed by atoms with E-state index in [0.29, 0.717) is 0 Å². The Hall–Kier alpha value is -0.220. The molecule has 1 heterocycles. The van der Waals surface area contributed by atoms with E-state index in [1.54, 1.807) is 5.51 Å². The molecule has 0 fully saturated rings. The van der Waals surface area contributed by atoms with Gasteiger partial charge >= 0.3 is 0 Å². The van der Waals surface area contributed by atoms with Crippen molar-refractivity contribution in [1.29, 1.82) is 0 Å². The number of thiazole rings is 1. The summed E-state index contributed by atoms with van der Waals surface area (Å²) in [4.78, 5) is 4.13. The Morgan fingerprint density at radius 3 is 3.10 bits per heavy atom. The minimum absolute atomic E-state index is 0.862. The summed E-state index contributed by atoms with van der Waals surface area (Å²) in [6.45, 7) is 2.13. The van der Waals surface area contributed by atoms with Gasteiger partial charge in [-0.3, -0.25) is 0 Å². The van der Waals surface area contributed by atoms with E-state index < -0.39 is 0 Å². The van der Waals surface area contributed by atoms with E-state index in [1.807, 2.05) is 11.8 Å². The number of aromatic nitrogens is 1. The van der Waals surface area contributed by atoms with Crippen molar-refractivity contribution in [2.45, 2.75) is 12.7 Å². The van der Waals surface area contributed by atoms with Gasteiger partial charge in [-0.2, -0.15) is 11.8 Å². The van der Waals surface area contributed by atoms with Gasteiger partial charge in [0.15, 0.2) is 0 Å². The lowest BCUT2D eigenvalue weighted by atomic mass is 10.5. The standard InChI is InChI=1S/C6H10N2S2/c1-2-9-3-5-6(7)10-4-8-5/h4H,2-3,7H2,1H3. The van der Waals surface area contributed by atoms with Crippen LogP contribution in [0.4, 0.5) is 5.00 Å². The van der Waals surface area contributed by atoms with Crippen molar-refractivity contribution in [2.24, 2.45) is 0 Å². The molecule has 0 saturated carbocycles. The number of nitrogens with two attached hydrogens (primary N) is 1. The van der Waals surface area contributed by atoms with Gasteiger partial charge in [-0.05, 0) is 5.75 Å². The highest BCUT2D eigenvalue weighted by molar-refractivity contribution is 7.98. The molecule has 0 saturated heterocycles. The number of rotatable bonds is 3. The van der Waals surface area contributed by atoms with E-state index in [4.69, 9.17) is 5.73 Å². The Bertz CT molecular complexity index is 197. The van der Waals surface area contributed by atoms with Crippen LogP contribution in [0.3, 0.4) is 0 Å². The molecule has 10 heavy (non-hydrogen) atoms. The summed E-state index contributed by atoms with van der Waals surface area (Å²) in [5, 5.41) is 0.862. The monoisotopic (exact) mass is 174 g/mol. The first kappa shape index (κ1) is 7.88. The molecule has 2 N–H and O–H groups in total. The maximum atomic E-state index is 5.62. The fraction of sp³-hybridized carbons (Fsp3) is 0.500. The van der Waals surface area contributed by atoms with Crippen molar-refractivity contribution in [1.82, 2.24) is 4.98 Å². The molecule has 56 valence electrons. The third kappa shape index (κ3) is 1.88. The number of hydrogen-bond donors (Lipinski definition) is 1. The molecule has 0 radical (unpaired) electrons. The first-order chi connectivity index (χ1) is 4.84. The van der Waals surface area contributed by atoms with Gasteiger partial charge in [-0.15, -0.1) is 11.3 Å². The van der Waals surface area contributed by atoms with E-state index in [2.05, 4.69) is 11.9 Å². The highest BCUT2D eigenvalue weighted by Gasteiger charge is 1.99. The minimum Gasteiger partial charge on any atom is -0.389 e. The molecule has 0 aromatic carbocycles. The van der Waals surface area contributed by atoms with E-state index in [0.717, 1.165) is 22.2 Å². The second-order valence-corrected chi connectivity index (χ2v) is 3.96. The largest absolute Gasteiger partial charge is 0.389 e. The molecule has 0 spiro atoms. The molecule has 0 amide bonds. The Morgan fingerprint density at radius 2 is 2.60 bits per heavy atom. The molecular weight excluding hydrogens is 164 g/mol. The predicted molar refractivity (Wildman–Crippen MR) is 48.4 cm³/mol. The number of nitrogens with zero attached hydrogens (tertiary/aromatic N) is 1. The van der Waals surface area contributed by atoms with Crippen molar-refractivity contribution in [3.05, 3.63) is 11.2 Å². The number of anilines is 1. The molecule has 1 aromatic rings. The smallest absolute Gasteiger partial charge is 0.110 e.